The molecule has 2 aromatic heterocycles. The standard InChI is InChI=1S/C18H18ClNO4S/c1-3-24-18-5-4-11(25-18)9-20-10(2)12(7-17(22)23)13-6-16(21)14(19)8-15(13)20/h4-6,8,21H,3,7,9H2,1-2H3,(H,22,23). The molecule has 0 aliphatic rings. The summed E-state index contributed by atoms with van der Waals surface area (Å²) in [6.45, 7) is 5.03. The molecule has 0 unspecified atom stereocenters. The third-order valence-electron chi connectivity index (χ3n) is 4.09. The Morgan fingerprint density at radius 2 is 2.12 bits per heavy atom. The molecule has 0 aliphatic carbocycles. The molecule has 25 heavy (non-hydrogen) atoms. The smallest absolute Gasteiger partial charge is 0.307 e. The van der Waals surface area contributed by atoms with Crippen molar-refractivity contribution in [2.45, 2.75) is 26.8 Å². The molecule has 0 saturated carbocycles. The van der Waals surface area contributed by atoms with Gasteiger partial charge in [0, 0.05) is 16.0 Å². The molecule has 132 valence electrons. The monoisotopic (exact) mass is 379 g/mol. The quantitative estimate of drug-likeness (QED) is 0.664. The number of carboxylic acids is 1. The van der Waals surface area contributed by atoms with E-state index in [-0.39, 0.29) is 17.2 Å². The van der Waals surface area contributed by atoms with E-state index in [2.05, 4.69) is 0 Å². The van der Waals surface area contributed by atoms with Gasteiger partial charge >= 0.3 is 5.97 Å². The normalized spacial score (nSPS) is 11.2. The first-order valence-electron chi connectivity index (χ1n) is 7.84. The lowest BCUT2D eigenvalue weighted by Gasteiger charge is -2.08. The SMILES string of the molecule is CCOc1ccc(Cn2c(C)c(CC(=O)O)c3cc(O)c(Cl)cc32)s1. The van der Waals surface area contributed by atoms with Gasteiger partial charge in [-0.3, -0.25) is 4.79 Å². The predicted molar refractivity (Wildman–Crippen MR) is 99.3 cm³/mol. The van der Waals surface area contributed by atoms with E-state index in [9.17, 15) is 15.0 Å². The van der Waals surface area contributed by atoms with Crippen molar-refractivity contribution in [3.05, 3.63) is 45.4 Å². The van der Waals surface area contributed by atoms with E-state index in [1.165, 1.54) is 0 Å². The summed E-state index contributed by atoms with van der Waals surface area (Å²) < 4.78 is 7.54. The molecule has 3 rings (SSSR count). The minimum atomic E-state index is -0.911. The molecular weight excluding hydrogens is 362 g/mol. The predicted octanol–water partition coefficient (Wildman–Crippen LogP) is 4.44. The topological polar surface area (TPSA) is 71.7 Å². The second-order valence-electron chi connectivity index (χ2n) is 5.70. The summed E-state index contributed by atoms with van der Waals surface area (Å²) in [5, 5.41) is 21.0. The summed E-state index contributed by atoms with van der Waals surface area (Å²) in [6.07, 6.45) is -0.106. The number of benzene rings is 1. The molecule has 0 saturated heterocycles. The van der Waals surface area contributed by atoms with Crippen LogP contribution >= 0.6 is 22.9 Å². The van der Waals surface area contributed by atoms with Crippen molar-refractivity contribution in [2.24, 2.45) is 0 Å². The minimum Gasteiger partial charge on any atom is -0.506 e. The molecule has 5 nitrogen and oxygen atoms in total. The summed E-state index contributed by atoms with van der Waals surface area (Å²) >= 11 is 7.64. The number of nitrogens with zero attached hydrogens (tertiary/aromatic N) is 1. The number of hydrogen-bond acceptors (Lipinski definition) is 4. The van der Waals surface area contributed by atoms with E-state index < -0.39 is 5.97 Å². The van der Waals surface area contributed by atoms with Crippen LogP contribution in [0.15, 0.2) is 24.3 Å². The molecule has 2 heterocycles. The van der Waals surface area contributed by atoms with Crippen molar-refractivity contribution in [1.29, 1.82) is 0 Å². The maximum absolute atomic E-state index is 11.2. The number of phenols is 1. The summed E-state index contributed by atoms with van der Waals surface area (Å²) in [6, 6.07) is 7.16. The number of halogens is 1. The first-order valence-corrected chi connectivity index (χ1v) is 9.03. The molecule has 0 amide bonds. The summed E-state index contributed by atoms with van der Waals surface area (Å²) in [7, 11) is 0. The van der Waals surface area contributed by atoms with E-state index in [0.717, 1.165) is 21.2 Å². The highest BCUT2D eigenvalue weighted by atomic mass is 35.5. The van der Waals surface area contributed by atoms with Gasteiger partial charge in [0.25, 0.3) is 0 Å². The molecule has 0 radical (unpaired) electrons. The van der Waals surface area contributed by atoms with Crippen LogP contribution in [0.25, 0.3) is 10.9 Å². The second-order valence-corrected chi connectivity index (χ2v) is 7.23. The first-order chi connectivity index (χ1) is 11.9. The Balaban J connectivity index is 2.10. The van der Waals surface area contributed by atoms with Crippen molar-refractivity contribution >= 4 is 39.8 Å². The van der Waals surface area contributed by atoms with E-state index in [4.69, 9.17) is 16.3 Å². The van der Waals surface area contributed by atoms with Crippen molar-refractivity contribution in [3.63, 3.8) is 0 Å². The molecule has 0 bridgehead atoms. The third-order valence-corrected chi connectivity index (χ3v) is 5.37. The highest BCUT2D eigenvalue weighted by Gasteiger charge is 2.19. The van der Waals surface area contributed by atoms with Crippen LogP contribution in [-0.2, 0) is 17.8 Å². The number of aromatic hydroxyl groups is 1. The number of carbonyl (C=O) groups is 1. The Hall–Kier alpha value is -2.18. The molecule has 1 aromatic carbocycles. The van der Waals surface area contributed by atoms with E-state index in [1.807, 2.05) is 30.5 Å². The molecule has 0 spiro atoms. The number of phenolic OH excluding ortho intramolecular Hbond substituents is 1. The van der Waals surface area contributed by atoms with Crippen molar-refractivity contribution in [2.75, 3.05) is 6.61 Å². The third kappa shape index (κ3) is 3.45. The second kappa shape index (κ2) is 6.98. The Morgan fingerprint density at radius 1 is 1.36 bits per heavy atom. The zero-order chi connectivity index (χ0) is 18.1. The van der Waals surface area contributed by atoms with E-state index in [0.29, 0.717) is 24.1 Å². The maximum atomic E-state index is 11.2. The van der Waals surface area contributed by atoms with Crippen LogP contribution in [0, 0.1) is 6.92 Å². The van der Waals surface area contributed by atoms with Crippen LogP contribution in [0.2, 0.25) is 5.02 Å². The maximum Gasteiger partial charge on any atom is 0.307 e. The lowest BCUT2D eigenvalue weighted by molar-refractivity contribution is -0.136. The van der Waals surface area contributed by atoms with Gasteiger partial charge in [0.05, 0.1) is 30.1 Å². The Kier molecular flexibility index (Phi) is 4.92. The van der Waals surface area contributed by atoms with Gasteiger partial charge in [-0.2, -0.15) is 0 Å². The van der Waals surface area contributed by atoms with Crippen LogP contribution in [-0.4, -0.2) is 27.4 Å². The van der Waals surface area contributed by atoms with Crippen LogP contribution < -0.4 is 4.74 Å². The molecule has 2 N–H and O–H groups in total. The number of aliphatic carboxylic acids is 1. The van der Waals surface area contributed by atoms with Crippen LogP contribution in [0.5, 0.6) is 10.8 Å². The van der Waals surface area contributed by atoms with E-state index >= 15 is 0 Å². The average Bonchev–Trinajstić information content (AvgIpc) is 3.08. The van der Waals surface area contributed by atoms with Crippen molar-refractivity contribution in [3.8, 4) is 10.8 Å². The molecular formula is C18H18ClNO4S. The zero-order valence-electron chi connectivity index (χ0n) is 13.9. The fourth-order valence-electron chi connectivity index (χ4n) is 2.95. The molecule has 0 aliphatic heterocycles. The number of hydrogen-bond donors (Lipinski definition) is 2. The summed E-state index contributed by atoms with van der Waals surface area (Å²) in [5.41, 5.74) is 2.35. The minimum absolute atomic E-state index is 0.0484. The van der Waals surface area contributed by atoms with Gasteiger partial charge in [-0.25, -0.2) is 0 Å². The van der Waals surface area contributed by atoms with Gasteiger partial charge < -0.3 is 19.5 Å². The van der Waals surface area contributed by atoms with Gasteiger partial charge in [-0.1, -0.05) is 11.6 Å². The van der Waals surface area contributed by atoms with Crippen molar-refractivity contribution < 1.29 is 19.7 Å². The first kappa shape index (κ1) is 17.6. The van der Waals surface area contributed by atoms with Gasteiger partial charge in [-0.05, 0) is 43.7 Å². The zero-order valence-corrected chi connectivity index (χ0v) is 15.4. The van der Waals surface area contributed by atoms with E-state index in [1.54, 1.807) is 23.5 Å². The van der Waals surface area contributed by atoms with Crippen LogP contribution in [0.3, 0.4) is 0 Å². The van der Waals surface area contributed by atoms with Crippen LogP contribution in [0.4, 0.5) is 0 Å². The van der Waals surface area contributed by atoms with Gasteiger partial charge in [-0.15, -0.1) is 11.3 Å². The molecule has 0 fully saturated rings. The number of rotatable bonds is 6. The number of fused-ring (bicyclic) bond motifs is 1. The molecule has 3 aromatic rings. The average molecular weight is 380 g/mol. The summed E-state index contributed by atoms with van der Waals surface area (Å²) in [4.78, 5) is 12.3. The Morgan fingerprint density at radius 3 is 2.80 bits per heavy atom. The number of thiophene rings is 1. The van der Waals surface area contributed by atoms with Crippen LogP contribution in [0.1, 0.15) is 23.1 Å². The van der Waals surface area contributed by atoms with Gasteiger partial charge in [0.1, 0.15) is 5.75 Å². The van der Waals surface area contributed by atoms with Gasteiger partial charge in [0.2, 0.25) is 0 Å². The number of aromatic nitrogens is 1. The van der Waals surface area contributed by atoms with Crippen molar-refractivity contribution in [1.82, 2.24) is 4.57 Å². The highest BCUT2D eigenvalue weighted by Crippen LogP contribution is 2.35. The Labute approximate surface area is 154 Å². The molecule has 7 heteroatoms. The fourth-order valence-corrected chi connectivity index (χ4v) is 4.01. The largest absolute Gasteiger partial charge is 0.506 e. The highest BCUT2D eigenvalue weighted by molar-refractivity contribution is 7.13. The lowest BCUT2D eigenvalue weighted by Crippen LogP contribution is -2.04. The fraction of sp³-hybridized carbons (Fsp3) is 0.278. The van der Waals surface area contributed by atoms with Gasteiger partial charge in [0.15, 0.2) is 5.06 Å². The Bertz CT molecular complexity index is 944. The number of carboxylic acid groups (broad SMARTS) is 1. The number of ether oxygens (including phenoxy) is 1. The molecule has 0 atom stereocenters. The summed E-state index contributed by atoms with van der Waals surface area (Å²) in [5.74, 6) is -0.959. The lowest BCUT2D eigenvalue weighted by atomic mass is 10.1.